The smallest absolute Gasteiger partial charge is 0.355 e. The van der Waals surface area contributed by atoms with E-state index in [9.17, 15) is 22.8 Å². The summed E-state index contributed by atoms with van der Waals surface area (Å²) in [5.41, 5.74) is -0.436. The molecule has 0 bridgehead atoms. The molecule has 0 atom stereocenters. The van der Waals surface area contributed by atoms with Gasteiger partial charge in [-0.25, -0.2) is 0 Å². The van der Waals surface area contributed by atoms with E-state index in [1.165, 1.54) is 36.5 Å². The summed E-state index contributed by atoms with van der Waals surface area (Å²) in [6.45, 7) is 1.64. The van der Waals surface area contributed by atoms with Gasteiger partial charge in [0, 0.05) is 38.1 Å². The summed E-state index contributed by atoms with van der Waals surface area (Å²) in [6.07, 6.45) is -2.39. The number of halogens is 3. The van der Waals surface area contributed by atoms with Crippen LogP contribution >= 0.6 is 0 Å². The third-order valence-electron chi connectivity index (χ3n) is 4.24. The van der Waals surface area contributed by atoms with Crippen LogP contribution in [0.15, 0.2) is 42.6 Å². The first-order valence-electron chi connectivity index (χ1n) is 8.26. The summed E-state index contributed by atoms with van der Waals surface area (Å²) in [7, 11) is 0. The van der Waals surface area contributed by atoms with Crippen molar-refractivity contribution in [3.63, 3.8) is 0 Å². The lowest BCUT2D eigenvalue weighted by Gasteiger charge is -2.32. The minimum absolute atomic E-state index is 0.103. The lowest BCUT2D eigenvalue weighted by molar-refractivity contribution is -0.136. The Morgan fingerprint density at radius 3 is 2.48 bits per heavy atom. The van der Waals surface area contributed by atoms with Crippen LogP contribution in [0.25, 0.3) is 0 Å². The normalized spacial score (nSPS) is 14.8. The lowest BCUT2D eigenvalue weighted by atomic mass is 10.1. The molecule has 9 heteroatoms. The average Bonchev–Trinajstić information content (AvgIpc) is 2.67. The van der Waals surface area contributed by atoms with Crippen molar-refractivity contribution in [3.8, 4) is 0 Å². The fourth-order valence-corrected chi connectivity index (χ4v) is 2.81. The first kappa shape index (κ1) is 18.7. The number of carbonyl (C=O) groups excluding carboxylic acids is 2. The first-order valence-corrected chi connectivity index (χ1v) is 8.26. The summed E-state index contributed by atoms with van der Waals surface area (Å²) >= 11 is 0. The van der Waals surface area contributed by atoms with Crippen LogP contribution in [0.3, 0.4) is 0 Å². The van der Waals surface area contributed by atoms with Crippen LogP contribution in [-0.4, -0.2) is 53.3 Å². The number of benzene rings is 1. The minimum Gasteiger partial charge on any atom is -0.355 e. The van der Waals surface area contributed by atoms with Gasteiger partial charge in [0.15, 0.2) is 0 Å². The molecule has 2 heterocycles. The Bertz CT molecular complexity index is 833. The van der Waals surface area contributed by atoms with E-state index in [1.54, 1.807) is 9.80 Å². The Morgan fingerprint density at radius 1 is 1.11 bits per heavy atom. The maximum atomic E-state index is 13.1. The predicted molar refractivity (Wildman–Crippen MR) is 92.5 cm³/mol. The number of anilines is 2. The summed E-state index contributed by atoms with van der Waals surface area (Å²) < 4.78 is 39.4. The molecule has 0 spiro atoms. The molecule has 1 aliphatic heterocycles. The van der Waals surface area contributed by atoms with E-state index in [4.69, 9.17) is 0 Å². The third-order valence-corrected chi connectivity index (χ3v) is 4.24. The van der Waals surface area contributed by atoms with E-state index in [-0.39, 0.29) is 17.3 Å². The van der Waals surface area contributed by atoms with Crippen molar-refractivity contribution >= 4 is 23.7 Å². The Labute approximate surface area is 153 Å². The zero-order valence-electron chi connectivity index (χ0n) is 14.2. The van der Waals surface area contributed by atoms with E-state index in [2.05, 4.69) is 10.3 Å². The summed E-state index contributed by atoms with van der Waals surface area (Å²) in [5, 5.41) is 2.71. The Hall–Kier alpha value is -3.10. The average molecular weight is 378 g/mol. The Morgan fingerprint density at radius 2 is 1.81 bits per heavy atom. The molecule has 6 nitrogen and oxygen atoms in total. The molecular weight excluding hydrogens is 361 g/mol. The molecule has 142 valence electrons. The highest BCUT2D eigenvalue weighted by atomic mass is 19.4. The molecule has 1 fully saturated rings. The molecule has 1 aromatic heterocycles. The van der Waals surface area contributed by atoms with Gasteiger partial charge < -0.3 is 15.1 Å². The van der Waals surface area contributed by atoms with Crippen molar-refractivity contribution in [3.05, 3.63) is 53.9 Å². The monoisotopic (exact) mass is 378 g/mol. The molecule has 2 aromatic rings. The van der Waals surface area contributed by atoms with Gasteiger partial charge in [-0.05, 0) is 24.3 Å². The fourth-order valence-electron chi connectivity index (χ4n) is 2.81. The Balaban J connectivity index is 1.77. The van der Waals surface area contributed by atoms with Gasteiger partial charge in [-0.3, -0.25) is 14.6 Å². The molecule has 0 unspecified atom stereocenters. The van der Waals surface area contributed by atoms with E-state index < -0.39 is 11.7 Å². The van der Waals surface area contributed by atoms with Gasteiger partial charge >= 0.3 is 6.18 Å². The molecule has 0 radical (unpaired) electrons. The van der Waals surface area contributed by atoms with Gasteiger partial charge in [-0.15, -0.1) is 0 Å². The maximum Gasteiger partial charge on any atom is 0.418 e. The third kappa shape index (κ3) is 4.36. The van der Waals surface area contributed by atoms with E-state index in [0.717, 1.165) is 12.5 Å². The van der Waals surface area contributed by atoms with Crippen molar-refractivity contribution < 1.29 is 22.8 Å². The highest BCUT2D eigenvalue weighted by Crippen LogP contribution is 2.35. The molecule has 1 aliphatic rings. The number of amides is 2. The maximum absolute atomic E-state index is 13.1. The second kappa shape index (κ2) is 7.65. The minimum atomic E-state index is -4.49. The van der Waals surface area contributed by atoms with Crippen molar-refractivity contribution in [1.29, 1.82) is 0 Å². The largest absolute Gasteiger partial charge is 0.418 e. The molecule has 2 amide bonds. The second-order valence-electron chi connectivity index (χ2n) is 6.03. The van der Waals surface area contributed by atoms with Crippen LogP contribution in [0.4, 0.5) is 24.5 Å². The topological polar surface area (TPSA) is 65.5 Å². The van der Waals surface area contributed by atoms with Gasteiger partial charge in [0.25, 0.3) is 5.91 Å². The van der Waals surface area contributed by atoms with Crippen molar-refractivity contribution in [1.82, 2.24) is 14.8 Å². The number of pyridine rings is 1. The second-order valence-corrected chi connectivity index (χ2v) is 6.03. The number of hydrogen-bond donors (Lipinski definition) is 1. The number of alkyl halides is 3. The number of hydrogen-bond acceptors (Lipinski definition) is 4. The molecule has 1 N–H and O–H groups in total. The lowest BCUT2D eigenvalue weighted by Crippen LogP contribution is -2.48. The van der Waals surface area contributed by atoms with E-state index in [0.29, 0.717) is 31.9 Å². The summed E-state index contributed by atoms with van der Waals surface area (Å²) in [5.74, 6) is -0.326. The van der Waals surface area contributed by atoms with Gasteiger partial charge in [-0.2, -0.15) is 13.2 Å². The van der Waals surface area contributed by atoms with Gasteiger partial charge in [0.2, 0.25) is 6.41 Å². The van der Waals surface area contributed by atoms with Gasteiger partial charge in [0.1, 0.15) is 5.69 Å². The molecule has 3 rings (SSSR count). The highest BCUT2D eigenvalue weighted by molar-refractivity contribution is 5.93. The highest BCUT2D eigenvalue weighted by Gasteiger charge is 2.33. The van der Waals surface area contributed by atoms with Crippen molar-refractivity contribution in [2.75, 3.05) is 31.5 Å². The van der Waals surface area contributed by atoms with E-state index in [1.807, 2.05) is 0 Å². The predicted octanol–water partition coefficient (Wildman–Crippen LogP) is 2.76. The van der Waals surface area contributed by atoms with Crippen LogP contribution in [-0.2, 0) is 11.0 Å². The van der Waals surface area contributed by atoms with Crippen molar-refractivity contribution in [2.24, 2.45) is 0 Å². The quantitative estimate of drug-likeness (QED) is 0.831. The van der Waals surface area contributed by atoms with Gasteiger partial charge in [0.05, 0.1) is 11.3 Å². The zero-order chi connectivity index (χ0) is 19.4. The number of aromatic nitrogens is 1. The van der Waals surface area contributed by atoms with Crippen LogP contribution in [0.1, 0.15) is 16.1 Å². The summed E-state index contributed by atoms with van der Waals surface area (Å²) in [4.78, 5) is 30.5. The molecule has 27 heavy (non-hydrogen) atoms. The number of nitrogens with one attached hydrogen (secondary N) is 1. The molecule has 0 saturated carbocycles. The standard InChI is InChI=1S/C18H17F3N4O2/c19-18(20,21)14-3-1-2-4-15(14)23-13-5-6-22-16(11-13)17(27)25-9-7-24(12-26)8-10-25/h1-6,11-12H,7-10H2,(H,22,23). The molecular formula is C18H17F3N4O2. The number of piperazine rings is 1. The van der Waals surface area contributed by atoms with Crippen LogP contribution in [0.5, 0.6) is 0 Å². The Kier molecular flexibility index (Phi) is 5.29. The van der Waals surface area contributed by atoms with Crippen LogP contribution in [0.2, 0.25) is 0 Å². The van der Waals surface area contributed by atoms with Crippen LogP contribution < -0.4 is 5.32 Å². The fraction of sp³-hybridized carbons (Fsp3) is 0.278. The molecule has 1 saturated heterocycles. The van der Waals surface area contributed by atoms with Crippen molar-refractivity contribution in [2.45, 2.75) is 6.18 Å². The number of carbonyl (C=O) groups is 2. The number of rotatable bonds is 4. The SMILES string of the molecule is O=CN1CCN(C(=O)c2cc(Nc3ccccc3C(F)(F)F)ccn2)CC1. The van der Waals surface area contributed by atoms with E-state index >= 15 is 0 Å². The van der Waals surface area contributed by atoms with Crippen LogP contribution in [0, 0.1) is 0 Å². The first-order chi connectivity index (χ1) is 12.9. The summed E-state index contributed by atoms with van der Waals surface area (Å²) in [6, 6.07) is 8.03. The number of nitrogens with zero attached hydrogens (tertiary/aromatic N) is 3. The molecule has 1 aromatic carbocycles. The molecule has 0 aliphatic carbocycles. The van der Waals surface area contributed by atoms with Gasteiger partial charge in [-0.1, -0.05) is 12.1 Å². The zero-order valence-corrected chi connectivity index (χ0v) is 14.2. The number of para-hydroxylation sites is 1.